The SMILES string of the molecule is CCCOc1ccccc1NC(=O)COn1nnc2ccc(S(=O)(=O)N3CCOCC3)cc21. The highest BCUT2D eigenvalue weighted by Gasteiger charge is 2.27. The Hall–Kier alpha value is -3.22. The number of benzene rings is 2. The summed E-state index contributed by atoms with van der Waals surface area (Å²) in [7, 11) is -3.70. The van der Waals surface area contributed by atoms with Gasteiger partial charge in [0.05, 0.1) is 30.4 Å². The van der Waals surface area contributed by atoms with Crippen molar-refractivity contribution in [3.8, 4) is 5.75 Å². The fourth-order valence-electron chi connectivity index (χ4n) is 3.28. The van der Waals surface area contributed by atoms with E-state index >= 15 is 0 Å². The van der Waals surface area contributed by atoms with Crippen LogP contribution >= 0.6 is 0 Å². The molecule has 3 aromatic rings. The standard InChI is InChI=1S/C21H25N5O6S/c1-2-11-31-20-6-4-3-5-18(20)22-21(27)15-32-26-19-14-16(7-8-17(19)23-24-26)33(28,29)25-9-12-30-13-10-25/h3-8,14H,2,9-13,15H2,1H3,(H,22,27). The van der Waals surface area contributed by atoms with Gasteiger partial charge in [-0.15, -0.1) is 5.10 Å². The molecule has 0 saturated carbocycles. The summed E-state index contributed by atoms with van der Waals surface area (Å²) < 4.78 is 38.1. The molecule has 1 saturated heterocycles. The van der Waals surface area contributed by atoms with Gasteiger partial charge in [-0.2, -0.15) is 4.31 Å². The Morgan fingerprint density at radius 2 is 1.97 bits per heavy atom. The molecule has 1 aliphatic heterocycles. The van der Waals surface area contributed by atoms with Gasteiger partial charge >= 0.3 is 0 Å². The highest BCUT2D eigenvalue weighted by molar-refractivity contribution is 7.89. The van der Waals surface area contributed by atoms with E-state index in [1.807, 2.05) is 13.0 Å². The van der Waals surface area contributed by atoms with Crippen LogP contribution in [-0.2, 0) is 19.6 Å². The maximum absolute atomic E-state index is 12.9. The van der Waals surface area contributed by atoms with E-state index in [0.29, 0.717) is 42.3 Å². The first-order valence-corrected chi connectivity index (χ1v) is 12.0. The number of rotatable bonds is 9. The Morgan fingerprint density at radius 3 is 2.76 bits per heavy atom. The lowest BCUT2D eigenvalue weighted by molar-refractivity contribution is -0.121. The van der Waals surface area contributed by atoms with Crippen LogP contribution in [0.5, 0.6) is 5.75 Å². The zero-order chi connectivity index (χ0) is 23.3. The monoisotopic (exact) mass is 475 g/mol. The van der Waals surface area contributed by atoms with Gasteiger partial charge in [-0.05, 0) is 42.0 Å². The second kappa shape index (κ2) is 10.1. The minimum absolute atomic E-state index is 0.0931. The lowest BCUT2D eigenvalue weighted by atomic mass is 10.3. The third-order valence-electron chi connectivity index (χ3n) is 4.94. The fraction of sp³-hybridized carbons (Fsp3) is 0.381. The topological polar surface area (TPSA) is 125 Å². The molecule has 176 valence electrons. The number of morpholine rings is 1. The number of ether oxygens (including phenoxy) is 2. The van der Waals surface area contributed by atoms with Crippen molar-refractivity contribution < 1.29 is 27.5 Å². The lowest BCUT2D eigenvalue weighted by Crippen LogP contribution is -2.40. The van der Waals surface area contributed by atoms with Gasteiger partial charge in [0.2, 0.25) is 10.0 Å². The van der Waals surface area contributed by atoms with Crippen molar-refractivity contribution >= 4 is 32.7 Å². The molecule has 0 unspecified atom stereocenters. The Bertz CT molecular complexity index is 1220. The molecule has 11 nitrogen and oxygen atoms in total. The van der Waals surface area contributed by atoms with Crippen molar-refractivity contribution in [3.05, 3.63) is 42.5 Å². The summed E-state index contributed by atoms with van der Waals surface area (Å²) in [6.45, 7) is 3.45. The first kappa shape index (κ1) is 23.0. The normalized spacial score (nSPS) is 14.8. The van der Waals surface area contributed by atoms with Crippen LogP contribution < -0.4 is 14.9 Å². The number of amides is 1. The van der Waals surface area contributed by atoms with Gasteiger partial charge in [0.25, 0.3) is 5.91 Å². The number of sulfonamides is 1. The van der Waals surface area contributed by atoms with Crippen molar-refractivity contribution in [1.29, 1.82) is 0 Å². The number of carbonyl (C=O) groups is 1. The van der Waals surface area contributed by atoms with Crippen molar-refractivity contribution in [1.82, 2.24) is 19.5 Å². The smallest absolute Gasteiger partial charge is 0.265 e. The van der Waals surface area contributed by atoms with E-state index in [4.69, 9.17) is 14.3 Å². The molecule has 1 amide bonds. The Kier molecular flexibility index (Phi) is 7.06. The van der Waals surface area contributed by atoms with Gasteiger partial charge in [-0.1, -0.05) is 23.9 Å². The summed E-state index contributed by atoms with van der Waals surface area (Å²) in [6.07, 6.45) is 0.841. The largest absolute Gasteiger partial charge is 0.491 e. The van der Waals surface area contributed by atoms with E-state index in [9.17, 15) is 13.2 Å². The Morgan fingerprint density at radius 1 is 1.18 bits per heavy atom. The molecule has 0 radical (unpaired) electrons. The Labute approximate surface area is 191 Å². The molecule has 2 aromatic carbocycles. The average Bonchev–Trinajstić information content (AvgIpc) is 3.25. The minimum atomic E-state index is -3.70. The second-order valence-electron chi connectivity index (χ2n) is 7.30. The zero-order valence-corrected chi connectivity index (χ0v) is 19.0. The summed E-state index contributed by atoms with van der Waals surface area (Å²) >= 11 is 0. The second-order valence-corrected chi connectivity index (χ2v) is 9.23. The molecule has 1 N–H and O–H groups in total. The zero-order valence-electron chi connectivity index (χ0n) is 18.1. The number of hydrogen-bond acceptors (Lipinski definition) is 8. The van der Waals surface area contributed by atoms with Gasteiger partial charge in [-0.25, -0.2) is 8.42 Å². The van der Waals surface area contributed by atoms with Gasteiger partial charge in [0.15, 0.2) is 6.61 Å². The quantitative estimate of drug-likeness (QED) is 0.491. The molecule has 1 aliphatic rings. The van der Waals surface area contributed by atoms with Crippen molar-refractivity contribution in [2.45, 2.75) is 18.2 Å². The average molecular weight is 476 g/mol. The molecule has 1 aromatic heterocycles. The molecule has 2 heterocycles. The number of para-hydroxylation sites is 2. The van der Waals surface area contributed by atoms with Crippen molar-refractivity contribution in [2.24, 2.45) is 0 Å². The van der Waals surface area contributed by atoms with Gasteiger partial charge in [0, 0.05) is 13.1 Å². The number of nitrogens with one attached hydrogen (secondary N) is 1. The maximum Gasteiger partial charge on any atom is 0.265 e. The minimum Gasteiger partial charge on any atom is -0.491 e. The molecule has 0 aliphatic carbocycles. The van der Waals surface area contributed by atoms with Crippen molar-refractivity contribution in [3.63, 3.8) is 0 Å². The van der Waals surface area contributed by atoms with Crippen molar-refractivity contribution in [2.75, 3.05) is 44.8 Å². The van der Waals surface area contributed by atoms with E-state index in [-0.39, 0.29) is 24.6 Å². The summed E-state index contributed by atoms with van der Waals surface area (Å²) in [5.74, 6) is 0.139. The van der Waals surface area contributed by atoms with Gasteiger partial charge in [-0.3, -0.25) is 4.79 Å². The summed E-state index contributed by atoms with van der Waals surface area (Å²) in [5, 5.41) is 10.6. The highest BCUT2D eigenvalue weighted by Crippen LogP contribution is 2.24. The summed E-state index contributed by atoms with van der Waals surface area (Å²) in [4.78, 5) is 19.1. The molecule has 0 bridgehead atoms. The predicted octanol–water partition coefficient (Wildman–Crippen LogP) is 1.31. The van der Waals surface area contributed by atoms with E-state index in [1.165, 1.54) is 16.4 Å². The first-order valence-electron chi connectivity index (χ1n) is 10.6. The Balaban J connectivity index is 1.46. The third kappa shape index (κ3) is 5.24. The number of anilines is 1. The van der Waals surface area contributed by atoms with E-state index in [1.54, 1.807) is 24.3 Å². The fourth-order valence-corrected chi connectivity index (χ4v) is 4.71. The third-order valence-corrected chi connectivity index (χ3v) is 6.83. The van der Waals surface area contributed by atoms with E-state index < -0.39 is 15.9 Å². The highest BCUT2D eigenvalue weighted by atomic mass is 32.2. The van der Waals surface area contributed by atoms with Crippen LogP contribution in [0, 0.1) is 0 Å². The van der Waals surface area contributed by atoms with Crippen LogP contribution in [0.1, 0.15) is 13.3 Å². The molecule has 33 heavy (non-hydrogen) atoms. The molecular formula is C21H25N5O6S. The molecule has 0 spiro atoms. The number of aromatic nitrogens is 3. The van der Waals surface area contributed by atoms with Gasteiger partial charge in [0.1, 0.15) is 16.8 Å². The van der Waals surface area contributed by atoms with Crippen LogP contribution in [0.4, 0.5) is 5.69 Å². The number of carbonyl (C=O) groups excluding carboxylic acids is 1. The molecule has 1 fully saturated rings. The van der Waals surface area contributed by atoms with E-state index in [2.05, 4.69) is 15.6 Å². The first-order chi connectivity index (χ1) is 16.0. The van der Waals surface area contributed by atoms with Crippen LogP contribution in [0.25, 0.3) is 11.0 Å². The number of hydrogen-bond donors (Lipinski definition) is 1. The van der Waals surface area contributed by atoms with Crippen LogP contribution in [0.2, 0.25) is 0 Å². The molecular weight excluding hydrogens is 450 g/mol. The van der Waals surface area contributed by atoms with E-state index in [0.717, 1.165) is 11.3 Å². The summed E-state index contributed by atoms with van der Waals surface area (Å²) in [5.41, 5.74) is 1.31. The summed E-state index contributed by atoms with van der Waals surface area (Å²) in [6, 6.07) is 11.6. The number of nitrogens with zero attached hydrogens (tertiary/aromatic N) is 4. The number of fused-ring (bicyclic) bond motifs is 1. The van der Waals surface area contributed by atoms with Crippen LogP contribution in [0.3, 0.4) is 0 Å². The van der Waals surface area contributed by atoms with Crippen LogP contribution in [-0.4, -0.2) is 73.3 Å². The molecule has 12 heteroatoms. The molecule has 0 atom stereocenters. The van der Waals surface area contributed by atoms with Gasteiger partial charge < -0.3 is 19.6 Å². The molecule has 4 rings (SSSR count). The van der Waals surface area contributed by atoms with Crippen LogP contribution in [0.15, 0.2) is 47.4 Å². The maximum atomic E-state index is 12.9. The predicted molar refractivity (Wildman–Crippen MR) is 119 cm³/mol. The lowest BCUT2D eigenvalue weighted by Gasteiger charge is -2.26.